The maximum absolute atomic E-state index is 11.6. The van der Waals surface area contributed by atoms with Crippen molar-refractivity contribution in [1.29, 1.82) is 0 Å². The molecule has 3 nitrogen and oxygen atoms in total. The molecule has 2 aromatic rings. The third-order valence-corrected chi connectivity index (χ3v) is 5.17. The molecule has 0 aliphatic carbocycles. The molecule has 1 N–H and O–H groups in total. The second-order valence-electron chi connectivity index (χ2n) is 6.93. The lowest BCUT2D eigenvalue weighted by molar-refractivity contribution is 0.589. The number of nitrogens with one attached hydrogen (secondary N) is 1. The minimum Gasteiger partial charge on any atom is -0.309 e. The van der Waals surface area contributed by atoms with E-state index in [0.29, 0.717) is 4.90 Å². The first-order valence-corrected chi connectivity index (χ1v) is 9.60. The molecule has 0 spiro atoms. The minimum absolute atomic E-state index is 0.0395. The standard InChI is InChI=1S/C19H25NO2S/c1-19(2,3)16-10-6-14(7-11-16)18(20-4)15-8-12-17(13-9-15)23(5,21)22/h6-13,18,20H,1-5H3. The summed E-state index contributed by atoms with van der Waals surface area (Å²) in [6.07, 6.45) is 1.22. The van der Waals surface area contributed by atoms with Gasteiger partial charge in [-0.2, -0.15) is 0 Å². The van der Waals surface area contributed by atoms with Crippen LogP contribution >= 0.6 is 0 Å². The first-order chi connectivity index (χ1) is 10.6. The molecule has 0 amide bonds. The van der Waals surface area contributed by atoms with Crippen molar-refractivity contribution in [3.63, 3.8) is 0 Å². The van der Waals surface area contributed by atoms with Gasteiger partial charge in [0, 0.05) is 6.26 Å². The van der Waals surface area contributed by atoms with Crippen LogP contribution in [0.15, 0.2) is 53.4 Å². The fraction of sp³-hybridized carbons (Fsp3) is 0.368. The summed E-state index contributed by atoms with van der Waals surface area (Å²) in [5.74, 6) is 0. The van der Waals surface area contributed by atoms with Gasteiger partial charge in [0.25, 0.3) is 0 Å². The van der Waals surface area contributed by atoms with Gasteiger partial charge < -0.3 is 5.32 Å². The fourth-order valence-electron chi connectivity index (χ4n) is 2.61. The fourth-order valence-corrected chi connectivity index (χ4v) is 3.24. The van der Waals surface area contributed by atoms with E-state index >= 15 is 0 Å². The maximum atomic E-state index is 11.6. The lowest BCUT2D eigenvalue weighted by atomic mass is 9.86. The minimum atomic E-state index is -3.16. The molecule has 4 heteroatoms. The van der Waals surface area contributed by atoms with Gasteiger partial charge >= 0.3 is 0 Å². The molecule has 2 aromatic carbocycles. The van der Waals surface area contributed by atoms with Gasteiger partial charge in [-0.05, 0) is 41.3 Å². The normalized spacial score (nSPS) is 13.8. The lowest BCUT2D eigenvalue weighted by Gasteiger charge is -2.22. The van der Waals surface area contributed by atoms with Crippen LogP contribution in [0.4, 0.5) is 0 Å². The summed E-state index contributed by atoms with van der Waals surface area (Å²) in [6, 6.07) is 15.7. The Bertz CT molecular complexity index is 755. The quantitative estimate of drug-likeness (QED) is 0.929. The van der Waals surface area contributed by atoms with Crippen molar-refractivity contribution in [2.45, 2.75) is 37.1 Å². The highest BCUT2D eigenvalue weighted by atomic mass is 32.2. The van der Waals surface area contributed by atoms with Crippen LogP contribution in [0, 0.1) is 0 Å². The van der Waals surface area contributed by atoms with Crippen LogP contribution in [0.25, 0.3) is 0 Å². The Morgan fingerprint density at radius 2 is 1.30 bits per heavy atom. The van der Waals surface area contributed by atoms with Gasteiger partial charge in [-0.15, -0.1) is 0 Å². The molecule has 124 valence electrons. The highest BCUT2D eigenvalue weighted by Gasteiger charge is 2.16. The summed E-state index contributed by atoms with van der Waals surface area (Å²) < 4.78 is 23.1. The van der Waals surface area contributed by atoms with Crippen LogP contribution in [-0.4, -0.2) is 21.7 Å². The monoisotopic (exact) mass is 331 g/mol. The Balaban J connectivity index is 2.33. The molecule has 0 aliphatic heterocycles. The first kappa shape index (κ1) is 17.7. The molecule has 0 bridgehead atoms. The number of sulfone groups is 1. The van der Waals surface area contributed by atoms with Crippen LogP contribution in [0.5, 0.6) is 0 Å². The molecule has 0 radical (unpaired) electrons. The van der Waals surface area contributed by atoms with Crippen molar-refractivity contribution in [3.05, 3.63) is 65.2 Å². The number of hydrogen-bond acceptors (Lipinski definition) is 3. The van der Waals surface area contributed by atoms with Crippen molar-refractivity contribution in [1.82, 2.24) is 5.32 Å². The number of rotatable bonds is 4. The van der Waals surface area contributed by atoms with Gasteiger partial charge in [0.05, 0.1) is 10.9 Å². The topological polar surface area (TPSA) is 46.2 Å². The molecule has 23 heavy (non-hydrogen) atoms. The predicted molar refractivity (Wildman–Crippen MR) is 95.6 cm³/mol. The van der Waals surface area contributed by atoms with Crippen molar-refractivity contribution in [2.75, 3.05) is 13.3 Å². The van der Waals surface area contributed by atoms with Crippen LogP contribution in [0.3, 0.4) is 0 Å². The molecule has 0 fully saturated rings. The Hall–Kier alpha value is -1.65. The summed E-state index contributed by atoms with van der Waals surface area (Å²) in [4.78, 5) is 0.346. The van der Waals surface area contributed by atoms with Gasteiger partial charge in [0.15, 0.2) is 9.84 Å². The van der Waals surface area contributed by atoms with E-state index < -0.39 is 9.84 Å². The van der Waals surface area contributed by atoms with E-state index in [4.69, 9.17) is 0 Å². The largest absolute Gasteiger partial charge is 0.309 e. The second-order valence-corrected chi connectivity index (χ2v) is 8.95. The zero-order chi connectivity index (χ0) is 17.3. The third kappa shape index (κ3) is 4.21. The average Bonchev–Trinajstić information content (AvgIpc) is 2.47. The predicted octanol–water partition coefficient (Wildman–Crippen LogP) is 3.70. The van der Waals surface area contributed by atoms with Gasteiger partial charge in [-0.1, -0.05) is 57.2 Å². The van der Waals surface area contributed by atoms with Crippen LogP contribution in [0.2, 0.25) is 0 Å². The molecule has 0 saturated heterocycles. The zero-order valence-corrected chi connectivity index (χ0v) is 15.2. The van der Waals surface area contributed by atoms with E-state index in [0.717, 1.165) is 11.1 Å². The van der Waals surface area contributed by atoms with E-state index in [2.05, 4.69) is 50.4 Å². The van der Waals surface area contributed by atoms with Crippen LogP contribution in [0.1, 0.15) is 43.5 Å². The summed E-state index contributed by atoms with van der Waals surface area (Å²) >= 11 is 0. The van der Waals surface area contributed by atoms with Gasteiger partial charge in [0.1, 0.15) is 0 Å². The zero-order valence-electron chi connectivity index (χ0n) is 14.4. The maximum Gasteiger partial charge on any atom is 0.175 e. The van der Waals surface area contributed by atoms with Crippen molar-refractivity contribution in [2.24, 2.45) is 0 Å². The van der Waals surface area contributed by atoms with Crippen LogP contribution in [-0.2, 0) is 15.3 Å². The second kappa shape index (κ2) is 6.46. The molecular weight excluding hydrogens is 306 g/mol. The Morgan fingerprint density at radius 1 is 0.870 bits per heavy atom. The number of benzene rings is 2. The molecule has 2 rings (SSSR count). The van der Waals surface area contributed by atoms with Crippen LogP contribution < -0.4 is 5.32 Å². The molecule has 0 aromatic heterocycles. The van der Waals surface area contributed by atoms with E-state index in [1.807, 2.05) is 19.2 Å². The van der Waals surface area contributed by atoms with E-state index in [1.54, 1.807) is 12.1 Å². The van der Waals surface area contributed by atoms with Crippen molar-refractivity contribution >= 4 is 9.84 Å². The summed E-state index contributed by atoms with van der Waals surface area (Å²) in [5.41, 5.74) is 3.63. The summed E-state index contributed by atoms with van der Waals surface area (Å²) in [6.45, 7) is 6.59. The lowest BCUT2D eigenvalue weighted by Crippen LogP contribution is -2.18. The van der Waals surface area contributed by atoms with Crippen molar-refractivity contribution in [3.8, 4) is 0 Å². The molecular formula is C19H25NO2S. The Labute approximate surface area is 139 Å². The Kier molecular flexibility index (Phi) is 4.97. The van der Waals surface area contributed by atoms with E-state index in [9.17, 15) is 8.42 Å². The Morgan fingerprint density at radius 3 is 1.65 bits per heavy atom. The van der Waals surface area contributed by atoms with Gasteiger partial charge in [-0.25, -0.2) is 8.42 Å². The van der Waals surface area contributed by atoms with Crippen molar-refractivity contribution < 1.29 is 8.42 Å². The molecule has 0 saturated carbocycles. The molecule has 1 atom stereocenters. The average molecular weight is 331 g/mol. The SMILES string of the molecule is CNC(c1ccc(C(C)(C)C)cc1)c1ccc(S(C)(=O)=O)cc1. The smallest absolute Gasteiger partial charge is 0.175 e. The van der Waals surface area contributed by atoms with Gasteiger partial charge in [0.2, 0.25) is 0 Å². The molecule has 0 heterocycles. The highest BCUT2D eigenvalue weighted by Crippen LogP contribution is 2.27. The summed E-state index contributed by atoms with van der Waals surface area (Å²) in [5, 5.41) is 3.30. The number of hydrogen-bond donors (Lipinski definition) is 1. The third-order valence-electron chi connectivity index (χ3n) is 4.04. The molecule has 0 aliphatic rings. The van der Waals surface area contributed by atoms with E-state index in [1.165, 1.54) is 11.8 Å². The van der Waals surface area contributed by atoms with E-state index in [-0.39, 0.29) is 11.5 Å². The van der Waals surface area contributed by atoms with Gasteiger partial charge in [-0.3, -0.25) is 0 Å². The first-order valence-electron chi connectivity index (χ1n) is 7.70. The highest BCUT2D eigenvalue weighted by molar-refractivity contribution is 7.90. The summed E-state index contributed by atoms with van der Waals surface area (Å²) in [7, 11) is -1.25. The molecule has 1 unspecified atom stereocenters.